The van der Waals surface area contributed by atoms with Crippen LogP contribution in [0, 0.1) is 11.8 Å². The lowest BCUT2D eigenvalue weighted by Crippen LogP contribution is -2.54. The molecule has 2 saturated heterocycles. The predicted octanol–water partition coefficient (Wildman–Crippen LogP) is -0.471. The van der Waals surface area contributed by atoms with Crippen molar-refractivity contribution in [2.24, 2.45) is 11.8 Å². The number of piperidine rings is 1. The molecule has 0 aromatic carbocycles. The third kappa shape index (κ3) is 2.12. The van der Waals surface area contributed by atoms with Gasteiger partial charge in [0.2, 0.25) is 5.91 Å². The Bertz CT molecular complexity index is 276. The Morgan fingerprint density at radius 2 is 2.00 bits per heavy atom. The summed E-state index contributed by atoms with van der Waals surface area (Å²) in [6, 6.07) is 0. The highest BCUT2D eigenvalue weighted by atomic mass is 16.4. The first-order valence-electron chi connectivity index (χ1n) is 5.41. The molecule has 1 amide bonds. The third-order valence-electron chi connectivity index (χ3n) is 3.21. The lowest BCUT2D eigenvalue weighted by Gasteiger charge is -2.36. The molecule has 0 aromatic rings. The molecule has 0 radical (unpaired) electrons. The van der Waals surface area contributed by atoms with Gasteiger partial charge in [0.15, 0.2) is 0 Å². The van der Waals surface area contributed by atoms with Crippen molar-refractivity contribution >= 4 is 11.9 Å². The van der Waals surface area contributed by atoms with Gasteiger partial charge < -0.3 is 15.3 Å². The summed E-state index contributed by atoms with van der Waals surface area (Å²) in [6.45, 7) is 2.60. The summed E-state index contributed by atoms with van der Waals surface area (Å²) in [7, 11) is 0. The SMILES string of the molecule is O=C(O)C1CCCN(C(=O)C2CNC2)C1. The van der Waals surface area contributed by atoms with Crippen molar-refractivity contribution in [3.63, 3.8) is 0 Å². The Labute approximate surface area is 88.4 Å². The van der Waals surface area contributed by atoms with Gasteiger partial charge in [0.1, 0.15) is 0 Å². The molecule has 0 bridgehead atoms. The number of nitrogens with one attached hydrogen (secondary N) is 1. The van der Waals surface area contributed by atoms with E-state index in [-0.39, 0.29) is 17.7 Å². The van der Waals surface area contributed by atoms with Crippen LogP contribution in [0.5, 0.6) is 0 Å². The summed E-state index contributed by atoms with van der Waals surface area (Å²) in [5, 5.41) is 11.9. The van der Waals surface area contributed by atoms with E-state index in [1.54, 1.807) is 4.90 Å². The van der Waals surface area contributed by atoms with Crippen molar-refractivity contribution in [1.82, 2.24) is 10.2 Å². The van der Waals surface area contributed by atoms with E-state index < -0.39 is 5.97 Å². The topological polar surface area (TPSA) is 69.6 Å². The minimum atomic E-state index is -0.778. The molecule has 2 fully saturated rings. The fraction of sp³-hybridized carbons (Fsp3) is 0.800. The molecule has 1 unspecified atom stereocenters. The van der Waals surface area contributed by atoms with E-state index in [0.29, 0.717) is 13.0 Å². The second kappa shape index (κ2) is 4.18. The Kier molecular flexibility index (Phi) is 2.90. The van der Waals surface area contributed by atoms with Crippen LogP contribution < -0.4 is 5.32 Å². The zero-order valence-electron chi connectivity index (χ0n) is 8.61. The lowest BCUT2D eigenvalue weighted by molar-refractivity contribution is -0.147. The zero-order chi connectivity index (χ0) is 10.8. The minimum absolute atomic E-state index is 0.0811. The van der Waals surface area contributed by atoms with Gasteiger partial charge in [0.25, 0.3) is 0 Å². The number of aliphatic carboxylic acids is 1. The fourth-order valence-corrected chi connectivity index (χ4v) is 2.10. The van der Waals surface area contributed by atoms with Crippen molar-refractivity contribution in [2.45, 2.75) is 12.8 Å². The van der Waals surface area contributed by atoms with Crippen LogP contribution in [0.25, 0.3) is 0 Å². The standard InChI is InChI=1S/C10H16N2O3/c13-9(8-4-11-5-8)12-3-1-2-7(6-12)10(14)15/h7-8,11H,1-6H2,(H,14,15). The zero-order valence-corrected chi connectivity index (χ0v) is 8.61. The molecule has 84 valence electrons. The number of carbonyl (C=O) groups is 2. The number of likely N-dealkylation sites (tertiary alicyclic amines) is 1. The van der Waals surface area contributed by atoms with Crippen LogP contribution in [0.2, 0.25) is 0 Å². The van der Waals surface area contributed by atoms with Gasteiger partial charge in [0, 0.05) is 26.2 Å². The molecule has 2 rings (SSSR count). The molecule has 0 spiro atoms. The molecule has 0 aliphatic carbocycles. The van der Waals surface area contributed by atoms with Crippen molar-refractivity contribution < 1.29 is 14.7 Å². The second-order valence-electron chi connectivity index (χ2n) is 4.32. The number of amides is 1. The fourth-order valence-electron chi connectivity index (χ4n) is 2.10. The van der Waals surface area contributed by atoms with Crippen LogP contribution >= 0.6 is 0 Å². The van der Waals surface area contributed by atoms with Crippen LogP contribution in [-0.2, 0) is 9.59 Å². The smallest absolute Gasteiger partial charge is 0.308 e. The molecule has 15 heavy (non-hydrogen) atoms. The number of carbonyl (C=O) groups excluding carboxylic acids is 1. The molecule has 0 aromatic heterocycles. The number of nitrogens with zero attached hydrogens (tertiary/aromatic N) is 1. The Balaban J connectivity index is 1.91. The van der Waals surface area contributed by atoms with Crippen LogP contribution in [0.15, 0.2) is 0 Å². The first-order valence-corrected chi connectivity index (χ1v) is 5.41. The maximum Gasteiger partial charge on any atom is 0.308 e. The average Bonchev–Trinajstić information content (AvgIpc) is 2.15. The molecule has 2 aliphatic heterocycles. The van der Waals surface area contributed by atoms with Gasteiger partial charge in [-0.2, -0.15) is 0 Å². The first-order chi connectivity index (χ1) is 7.18. The third-order valence-corrected chi connectivity index (χ3v) is 3.21. The van der Waals surface area contributed by atoms with Gasteiger partial charge in [-0.3, -0.25) is 9.59 Å². The molecule has 5 heteroatoms. The molecule has 1 atom stereocenters. The summed E-state index contributed by atoms with van der Waals surface area (Å²) < 4.78 is 0. The number of carboxylic acids is 1. The molecule has 2 heterocycles. The van der Waals surface area contributed by atoms with Crippen molar-refractivity contribution in [1.29, 1.82) is 0 Å². The van der Waals surface area contributed by atoms with E-state index in [1.165, 1.54) is 0 Å². The van der Waals surface area contributed by atoms with Gasteiger partial charge in [-0.1, -0.05) is 0 Å². The van der Waals surface area contributed by atoms with Gasteiger partial charge in [-0.05, 0) is 12.8 Å². The van der Waals surface area contributed by atoms with E-state index in [2.05, 4.69) is 5.32 Å². The van der Waals surface area contributed by atoms with E-state index in [4.69, 9.17) is 5.11 Å². The largest absolute Gasteiger partial charge is 0.481 e. The van der Waals surface area contributed by atoms with Crippen LogP contribution in [0.1, 0.15) is 12.8 Å². The number of hydrogen-bond acceptors (Lipinski definition) is 3. The Hall–Kier alpha value is -1.10. The highest BCUT2D eigenvalue weighted by Gasteiger charge is 2.33. The second-order valence-corrected chi connectivity index (χ2v) is 4.32. The highest BCUT2D eigenvalue weighted by molar-refractivity contribution is 5.81. The molecule has 2 aliphatic rings. The van der Waals surface area contributed by atoms with Gasteiger partial charge in [-0.15, -0.1) is 0 Å². The Morgan fingerprint density at radius 3 is 2.53 bits per heavy atom. The van der Waals surface area contributed by atoms with Crippen LogP contribution in [-0.4, -0.2) is 48.1 Å². The average molecular weight is 212 g/mol. The van der Waals surface area contributed by atoms with E-state index in [9.17, 15) is 9.59 Å². The van der Waals surface area contributed by atoms with Crippen molar-refractivity contribution in [3.8, 4) is 0 Å². The number of hydrogen-bond donors (Lipinski definition) is 2. The lowest BCUT2D eigenvalue weighted by atomic mass is 9.95. The van der Waals surface area contributed by atoms with Crippen molar-refractivity contribution in [2.75, 3.05) is 26.2 Å². The van der Waals surface area contributed by atoms with E-state index in [1.807, 2.05) is 0 Å². The summed E-state index contributed by atoms with van der Waals surface area (Å²) >= 11 is 0. The van der Waals surface area contributed by atoms with Gasteiger partial charge >= 0.3 is 5.97 Å². The van der Waals surface area contributed by atoms with E-state index in [0.717, 1.165) is 26.1 Å². The van der Waals surface area contributed by atoms with Crippen LogP contribution in [0.4, 0.5) is 0 Å². The quantitative estimate of drug-likeness (QED) is 0.649. The number of rotatable bonds is 2. The normalized spacial score (nSPS) is 27.2. The maximum atomic E-state index is 11.8. The highest BCUT2D eigenvalue weighted by Crippen LogP contribution is 2.19. The van der Waals surface area contributed by atoms with E-state index >= 15 is 0 Å². The van der Waals surface area contributed by atoms with Crippen LogP contribution in [0.3, 0.4) is 0 Å². The first kappa shape index (κ1) is 10.4. The molecular weight excluding hydrogens is 196 g/mol. The van der Waals surface area contributed by atoms with Crippen molar-refractivity contribution in [3.05, 3.63) is 0 Å². The summed E-state index contributed by atoms with van der Waals surface area (Å²) in [5.74, 6) is -0.938. The number of carboxylic acid groups (broad SMARTS) is 1. The summed E-state index contributed by atoms with van der Waals surface area (Å²) in [6.07, 6.45) is 1.50. The molecular formula is C10H16N2O3. The predicted molar refractivity (Wildman–Crippen MR) is 53.3 cm³/mol. The maximum absolute atomic E-state index is 11.8. The monoisotopic (exact) mass is 212 g/mol. The molecule has 5 nitrogen and oxygen atoms in total. The molecule has 0 saturated carbocycles. The van der Waals surface area contributed by atoms with Gasteiger partial charge in [0.05, 0.1) is 11.8 Å². The molecule has 2 N–H and O–H groups in total. The van der Waals surface area contributed by atoms with Gasteiger partial charge in [-0.25, -0.2) is 0 Å². The summed E-state index contributed by atoms with van der Waals surface area (Å²) in [5.41, 5.74) is 0. The minimum Gasteiger partial charge on any atom is -0.481 e. The Morgan fingerprint density at radius 1 is 1.27 bits per heavy atom. The summed E-state index contributed by atoms with van der Waals surface area (Å²) in [4.78, 5) is 24.4.